The van der Waals surface area contributed by atoms with Crippen LogP contribution in [0, 0.1) is 0 Å². The van der Waals surface area contributed by atoms with Crippen molar-refractivity contribution in [2.75, 3.05) is 0 Å². The Morgan fingerprint density at radius 2 is 2.25 bits per heavy atom. The fourth-order valence-electron chi connectivity index (χ4n) is 0. The molecule has 1 N–H and O–H groups in total. The third kappa shape index (κ3) is 1130. The van der Waals surface area contributed by atoms with Crippen LogP contribution in [0.5, 0.6) is 0 Å². The molecular formula is C3H8O. The monoisotopic (exact) mass is 61.1 g/mol. The molecule has 0 spiro atoms. The van der Waals surface area contributed by atoms with E-state index in [1.165, 1.54) is 0 Å². The van der Waals surface area contributed by atoms with Gasteiger partial charge in [0.15, 0.2) is 0 Å². The minimum atomic E-state index is 0.0509. The summed E-state index contributed by atoms with van der Waals surface area (Å²) in [6.45, 7) is 3.62. The van der Waals surface area contributed by atoms with Crippen molar-refractivity contribution in [3.05, 3.63) is 0 Å². The van der Waals surface area contributed by atoms with Gasteiger partial charge in [-0.2, -0.15) is 0 Å². The van der Waals surface area contributed by atoms with Crippen molar-refractivity contribution in [1.82, 2.24) is 0 Å². The molecule has 0 aliphatic heterocycles. The normalized spacial score (nSPS) is 12.2. The van der Waals surface area contributed by atoms with E-state index >= 15 is 0 Å². The third-order valence-corrected chi connectivity index (χ3v) is 0. The van der Waals surface area contributed by atoms with Crippen molar-refractivity contribution in [2.24, 2.45) is 0 Å². The largest absolute Gasteiger partial charge is 0.394 e. The van der Waals surface area contributed by atoms with Gasteiger partial charge < -0.3 is 5.11 Å². The maximum absolute atomic E-state index is 6.16. The van der Waals surface area contributed by atoms with Gasteiger partial charge in [-0.1, -0.05) is 0 Å². The van der Waals surface area contributed by atoms with Gasteiger partial charge in [0, 0.05) is 6.10 Å². The van der Waals surface area contributed by atoms with Crippen molar-refractivity contribution in [3.63, 3.8) is 0 Å². The van der Waals surface area contributed by atoms with E-state index in [1.54, 1.807) is 0 Å². The second-order valence-electron chi connectivity index (χ2n) is 1.05. The summed E-state index contributed by atoms with van der Waals surface area (Å²) in [7, 11) is 0. The van der Waals surface area contributed by atoms with E-state index in [-0.39, 0.29) is 6.10 Å². The summed E-state index contributed by atoms with van der Waals surface area (Å²) in [6.07, 6.45) is 0.0509. The molecule has 0 aromatic heterocycles. The van der Waals surface area contributed by atoms with Crippen LogP contribution in [-0.2, 0) is 0 Å². The molecule has 0 unspecified atom stereocenters. The maximum Gasteiger partial charge on any atom is 0.210 e. The molecule has 0 aromatic carbocycles. The molecule has 0 saturated heterocycles. The molecule has 0 rings (SSSR count). The zero-order chi connectivity index (χ0) is 4.28. The van der Waals surface area contributed by atoms with Gasteiger partial charge in [0.05, 0.1) is 0 Å². The highest BCUT2D eigenvalue weighted by Crippen LogP contribution is 1.65. The van der Waals surface area contributed by atoms with Crippen molar-refractivity contribution in [3.8, 4) is 0 Å². The zero-order valence-corrected chi connectivity index (χ0v) is 2.99. The van der Waals surface area contributed by atoms with E-state index in [4.69, 9.17) is 1.43 Å². The van der Waals surface area contributed by atoms with Crippen LogP contribution < -0.4 is 0 Å². The molecule has 0 heterocycles. The van der Waals surface area contributed by atoms with Crippen LogP contribution in [0.25, 0.3) is 0 Å². The van der Waals surface area contributed by atoms with Crippen LogP contribution in [0.1, 0.15) is 13.8 Å². The van der Waals surface area contributed by atoms with Crippen LogP contribution in [0.15, 0.2) is 0 Å². The summed E-state index contributed by atoms with van der Waals surface area (Å²) >= 11 is 0. The smallest absolute Gasteiger partial charge is 0.210 e. The summed E-state index contributed by atoms with van der Waals surface area (Å²) < 4.78 is 6.16. The average molecular weight is 61.1 g/mol. The van der Waals surface area contributed by atoms with Crippen molar-refractivity contribution in [1.29, 1.82) is 1.43 Å². The lowest BCUT2D eigenvalue weighted by molar-refractivity contribution is 0.216. The molecule has 0 saturated carbocycles. The van der Waals surface area contributed by atoms with Gasteiger partial charge in [-0.05, 0) is 13.8 Å². The number of aliphatic hydroxyl groups is 1. The maximum atomic E-state index is 6.16. The lowest BCUT2D eigenvalue weighted by Crippen LogP contribution is -1.85. The van der Waals surface area contributed by atoms with Crippen molar-refractivity contribution in [2.45, 2.75) is 20.0 Å². The average Bonchev–Trinajstić information content (AvgIpc) is 1.38. The molecule has 4 heavy (non-hydrogen) atoms. The second-order valence-corrected chi connectivity index (χ2v) is 1.05. The number of hydrogen-bond donors (Lipinski definition) is 1. The van der Waals surface area contributed by atoms with Crippen LogP contribution in [0.2, 0.25) is 0 Å². The number of aliphatic hydroxyl groups excluding tert-OH is 1. The first-order valence-electron chi connectivity index (χ1n) is 1.80. The predicted octanol–water partition coefficient (Wildman–Crippen LogP) is 0.387. The van der Waals surface area contributed by atoms with Crippen LogP contribution in [0.4, 0.5) is 0 Å². The molecule has 0 fully saturated rings. The van der Waals surface area contributed by atoms with Gasteiger partial charge in [0.2, 0.25) is 1.43 Å². The quantitative estimate of drug-likeness (QED) is 0.465. The molecule has 0 aliphatic carbocycles. The Morgan fingerprint density at radius 3 is 2.25 bits per heavy atom. The van der Waals surface area contributed by atoms with Crippen LogP contribution in [0.3, 0.4) is 0 Å². The molecule has 26 valence electrons. The number of rotatable bonds is 1. The van der Waals surface area contributed by atoms with Gasteiger partial charge in [-0.15, -0.1) is 0 Å². The summed E-state index contributed by atoms with van der Waals surface area (Å²) in [5, 5.41) is 4.00. The summed E-state index contributed by atoms with van der Waals surface area (Å²) in [5.74, 6) is 0. The van der Waals surface area contributed by atoms with Crippen LogP contribution in [-0.4, -0.2) is 12.6 Å². The van der Waals surface area contributed by atoms with Crippen molar-refractivity contribution < 1.29 is 5.11 Å². The molecule has 0 aliphatic rings. The minimum Gasteiger partial charge on any atom is -0.394 e. The molecule has 0 radical (unpaired) electrons. The van der Waals surface area contributed by atoms with E-state index < -0.39 is 0 Å². The third-order valence-electron chi connectivity index (χ3n) is 0. The summed E-state index contributed by atoms with van der Waals surface area (Å²) in [5.41, 5.74) is 0. The molecular weight excluding hydrogens is 52.0 g/mol. The lowest BCUT2D eigenvalue weighted by atomic mass is 10.5. The Bertz CT molecular complexity index is 20.9. The van der Waals surface area contributed by atoms with Gasteiger partial charge >= 0.3 is 0 Å². The van der Waals surface area contributed by atoms with Gasteiger partial charge in [-0.25, -0.2) is 0 Å². The second kappa shape index (κ2) is 1.30. The fraction of sp³-hybridized carbons (Fsp3) is 1.00. The van der Waals surface area contributed by atoms with Gasteiger partial charge in [-0.3, -0.25) is 0 Å². The first-order chi connectivity index (χ1) is 2.27. The Morgan fingerprint density at radius 1 is 2.00 bits per heavy atom. The molecule has 1 nitrogen and oxygen atoms in total. The standard InChI is InChI=1S/C3H8O/c1-3(2)4/h3-4H,1-2H3/i4D. The summed E-state index contributed by atoms with van der Waals surface area (Å²) in [4.78, 5) is 0. The first kappa shape index (κ1) is 2.21. The highest BCUT2D eigenvalue weighted by atomic mass is 16.3. The lowest BCUT2D eigenvalue weighted by Gasteiger charge is -1.80. The Balaban J connectivity index is 2.54. The fourth-order valence-corrected chi connectivity index (χ4v) is 0. The molecule has 1 heteroatoms. The first-order valence-corrected chi connectivity index (χ1v) is 1.39. The van der Waals surface area contributed by atoms with Gasteiger partial charge in [0.25, 0.3) is 0 Å². The SMILES string of the molecule is [2H]OC(C)C. The summed E-state index contributed by atoms with van der Waals surface area (Å²) in [6, 6.07) is 0. The van der Waals surface area contributed by atoms with E-state index in [9.17, 15) is 0 Å². The Labute approximate surface area is 27.8 Å². The van der Waals surface area contributed by atoms with E-state index in [2.05, 4.69) is 5.11 Å². The minimum absolute atomic E-state index is 0.0509. The van der Waals surface area contributed by atoms with Crippen LogP contribution >= 0.6 is 0 Å². The topological polar surface area (TPSA) is 20.2 Å². The van der Waals surface area contributed by atoms with E-state index in [1.807, 2.05) is 13.8 Å². The Hall–Kier alpha value is -0.0400. The Kier molecular flexibility index (Phi) is 0.718. The highest BCUT2D eigenvalue weighted by molar-refractivity contribution is 4.20. The highest BCUT2D eigenvalue weighted by Gasteiger charge is 1.69. The van der Waals surface area contributed by atoms with Crippen molar-refractivity contribution >= 4 is 0 Å². The van der Waals surface area contributed by atoms with Gasteiger partial charge in [0.1, 0.15) is 0 Å². The number of hydrogen-bond acceptors (Lipinski definition) is 1. The molecule has 0 bridgehead atoms. The van der Waals surface area contributed by atoms with E-state index in [0.29, 0.717) is 0 Å². The van der Waals surface area contributed by atoms with E-state index in [0.717, 1.165) is 0 Å². The molecule has 0 aromatic rings. The molecule has 0 amide bonds. The predicted molar refractivity (Wildman–Crippen MR) is 17.4 cm³/mol. The zero-order valence-electron chi connectivity index (χ0n) is 3.99. The molecule has 0 atom stereocenters.